The smallest absolute Gasteiger partial charge is 0.328 e. The molecule has 1 atom stereocenters. The third-order valence-corrected chi connectivity index (χ3v) is 2.48. The zero-order valence-electron chi connectivity index (χ0n) is 8.84. The molecule has 0 spiro atoms. The number of hydrogen-bond acceptors (Lipinski definition) is 5. The molecule has 1 aliphatic heterocycles. The first kappa shape index (κ1) is 10.8. The molecule has 2 heterocycles. The fourth-order valence-electron chi connectivity index (χ4n) is 1.61. The lowest BCUT2D eigenvalue weighted by molar-refractivity contribution is -0.131. The zero-order chi connectivity index (χ0) is 11.6. The number of hydrogen-bond donors (Lipinski definition) is 1. The van der Waals surface area contributed by atoms with Crippen molar-refractivity contribution >= 4 is 12.0 Å². The molecule has 0 bridgehead atoms. The molecular formula is C10H12N2O4. The van der Waals surface area contributed by atoms with Crippen molar-refractivity contribution < 1.29 is 19.1 Å². The minimum atomic E-state index is -1.05. The molecule has 1 aromatic rings. The van der Waals surface area contributed by atoms with Crippen molar-refractivity contribution in [2.24, 2.45) is 0 Å². The molecule has 1 aromatic heterocycles. The minimum absolute atomic E-state index is 0.175. The second-order valence-corrected chi connectivity index (χ2v) is 3.80. The summed E-state index contributed by atoms with van der Waals surface area (Å²) >= 11 is 0. The van der Waals surface area contributed by atoms with Crippen LogP contribution in [0.15, 0.2) is 10.5 Å². The van der Waals surface area contributed by atoms with E-state index in [1.54, 1.807) is 0 Å². The number of nitrogens with zero attached hydrogens (tertiary/aromatic N) is 2. The molecule has 1 saturated heterocycles. The van der Waals surface area contributed by atoms with E-state index >= 15 is 0 Å². The number of aliphatic carboxylic acids is 1. The van der Waals surface area contributed by atoms with Crippen molar-refractivity contribution in [3.05, 3.63) is 17.9 Å². The predicted octanol–water partition coefficient (Wildman–Crippen LogP) is 1.19. The average Bonchev–Trinajstić information content (AvgIpc) is 2.84. The van der Waals surface area contributed by atoms with Crippen LogP contribution >= 0.6 is 0 Å². The van der Waals surface area contributed by atoms with Crippen LogP contribution in [-0.4, -0.2) is 27.9 Å². The Morgan fingerprint density at radius 1 is 1.56 bits per heavy atom. The van der Waals surface area contributed by atoms with Gasteiger partial charge in [0.25, 0.3) is 0 Å². The van der Waals surface area contributed by atoms with Gasteiger partial charge in [-0.25, -0.2) is 4.79 Å². The van der Waals surface area contributed by atoms with E-state index in [9.17, 15) is 4.79 Å². The van der Waals surface area contributed by atoms with Gasteiger partial charge in [0.2, 0.25) is 11.8 Å². The van der Waals surface area contributed by atoms with Crippen molar-refractivity contribution in [3.8, 4) is 0 Å². The largest absolute Gasteiger partial charge is 0.478 e. The van der Waals surface area contributed by atoms with Crippen LogP contribution < -0.4 is 0 Å². The second-order valence-electron chi connectivity index (χ2n) is 3.80. The maximum Gasteiger partial charge on any atom is 0.328 e. The van der Waals surface area contributed by atoms with Crippen LogP contribution in [0.25, 0.3) is 6.08 Å². The minimum Gasteiger partial charge on any atom is -0.478 e. The molecule has 2 rings (SSSR count). The average molecular weight is 224 g/mol. The first-order valence-corrected chi connectivity index (χ1v) is 4.99. The summed E-state index contributed by atoms with van der Waals surface area (Å²) in [7, 11) is 0. The van der Waals surface area contributed by atoms with Gasteiger partial charge in [0, 0.05) is 18.8 Å². The Balaban J connectivity index is 2.16. The van der Waals surface area contributed by atoms with E-state index in [-0.39, 0.29) is 5.89 Å². The van der Waals surface area contributed by atoms with Crippen molar-refractivity contribution in [1.82, 2.24) is 10.2 Å². The molecule has 1 N–H and O–H groups in total. The Kier molecular flexibility index (Phi) is 2.74. The van der Waals surface area contributed by atoms with E-state index in [0.717, 1.165) is 18.9 Å². The van der Waals surface area contributed by atoms with Gasteiger partial charge in [-0.3, -0.25) is 0 Å². The van der Waals surface area contributed by atoms with E-state index in [2.05, 4.69) is 10.2 Å². The Bertz CT molecular complexity index is 418. The summed E-state index contributed by atoms with van der Waals surface area (Å²) < 4.78 is 10.9. The normalized spacial score (nSPS) is 25.3. The Hall–Kier alpha value is -1.69. The third kappa shape index (κ3) is 2.11. The van der Waals surface area contributed by atoms with Gasteiger partial charge < -0.3 is 14.3 Å². The van der Waals surface area contributed by atoms with Gasteiger partial charge in [-0.05, 0) is 19.8 Å². The third-order valence-electron chi connectivity index (χ3n) is 2.48. The van der Waals surface area contributed by atoms with Gasteiger partial charge in [-0.2, -0.15) is 0 Å². The molecule has 1 unspecified atom stereocenters. The first-order chi connectivity index (χ1) is 7.60. The summed E-state index contributed by atoms with van der Waals surface area (Å²) in [6.45, 7) is 2.57. The quantitative estimate of drug-likeness (QED) is 0.776. The van der Waals surface area contributed by atoms with Crippen molar-refractivity contribution in [2.75, 3.05) is 6.61 Å². The molecule has 0 amide bonds. The van der Waals surface area contributed by atoms with Gasteiger partial charge in [0.1, 0.15) is 5.60 Å². The van der Waals surface area contributed by atoms with Crippen LogP contribution in [-0.2, 0) is 15.1 Å². The van der Waals surface area contributed by atoms with Gasteiger partial charge in [0.05, 0.1) is 0 Å². The highest BCUT2D eigenvalue weighted by Gasteiger charge is 2.37. The van der Waals surface area contributed by atoms with E-state index in [1.807, 2.05) is 6.92 Å². The van der Waals surface area contributed by atoms with E-state index in [0.29, 0.717) is 12.5 Å². The van der Waals surface area contributed by atoms with Crippen LogP contribution in [0.3, 0.4) is 0 Å². The van der Waals surface area contributed by atoms with Crippen molar-refractivity contribution in [2.45, 2.75) is 25.4 Å². The maximum absolute atomic E-state index is 10.3. The van der Waals surface area contributed by atoms with Crippen LogP contribution in [0.5, 0.6) is 0 Å². The van der Waals surface area contributed by atoms with E-state index < -0.39 is 11.6 Å². The summed E-state index contributed by atoms with van der Waals surface area (Å²) in [4.78, 5) is 10.3. The molecule has 0 radical (unpaired) electrons. The first-order valence-electron chi connectivity index (χ1n) is 4.99. The van der Waals surface area contributed by atoms with Crippen LogP contribution in [0.1, 0.15) is 31.5 Å². The fourth-order valence-corrected chi connectivity index (χ4v) is 1.61. The summed E-state index contributed by atoms with van der Waals surface area (Å²) in [5.41, 5.74) is -0.525. The van der Waals surface area contributed by atoms with Crippen molar-refractivity contribution in [3.63, 3.8) is 0 Å². The number of rotatable bonds is 3. The summed E-state index contributed by atoms with van der Waals surface area (Å²) in [5, 5.41) is 16.0. The predicted molar refractivity (Wildman–Crippen MR) is 53.5 cm³/mol. The van der Waals surface area contributed by atoms with E-state index in [1.165, 1.54) is 6.08 Å². The molecule has 86 valence electrons. The van der Waals surface area contributed by atoms with Gasteiger partial charge in [0.15, 0.2) is 0 Å². The highest BCUT2D eigenvalue weighted by molar-refractivity contribution is 5.84. The standard InChI is InChI=1S/C10H12N2O4/c1-10(5-2-6-15-10)9-12-11-7(16-9)3-4-8(13)14/h3-4H,2,5-6H2,1H3,(H,13,14)/b4-3+. The molecule has 0 saturated carbocycles. The maximum atomic E-state index is 10.3. The van der Waals surface area contributed by atoms with Crippen LogP contribution in [0, 0.1) is 0 Å². The molecule has 6 heteroatoms. The summed E-state index contributed by atoms with van der Waals surface area (Å²) in [5.74, 6) is -0.479. The number of carbonyl (C=O) groups is 1. The van der Waals surface area contributed by atoms with Gasteiger partial charge in [-0.15, -0.1) is 10.2 Å². The molecular weight excluding hydrogens is 212 g/mol. The van der Waals surface area contributed by atoms with Gasteiger partial charge >= 0.3 is 5.97 Å². The fraction of sp³-hybridized carbons (Fsp3) is 0.500. The second kappa shape index (κ2) is 4.05. The highest BCUT2D eigenvalue weighted by Crippen LogP contribution is 2.34. The molecule has 1 fully saturated rings. The SMILES string of the molecule is CC1(c2nnc(/C=C/C(=O)O)o2)CCCO1. The molecule has 0 aliphatic carbocycles. The summed E-state index contributed by atoms with van der Waals surface area (Å²) in [6, 6.07) is 0. The van der Waals surface area contributed by atoms with Crippen LogP contribution in [0.4, 0.5) is 0 Å². The number of carboxylic acids is 1. The van der Waals surface area contributed by atoms with Crippen LogP contribution in [0.2, 0.25) is 0 Å². The number of aromatic nitrogens is 2. The molecule has 6 nitrogen and oxygen atoms in total. The Morgan fingerprint density at radius 3 is 3.00 bits per heavy atom. The van der Waals surface area contributed by atoms with E-state index in [4.69, 9.17) is 14.3 Å². The molecule has 1 aliphatic rings. The topological polar surface area (TPSA) is 85.5 Å². The Labute approximate surface area is 91.9 Å². The molecule has 0 aromatic carbocycles. The lowest BCUT2D eigenvalue weighted by Crippen LogP contribution is -2.20. The summed E-state index contributed by atoms with van der Waals surface area (Å²) in [6.07, 6.45) is 4.00. The number of ether oxygens (including phenoxy) is 1. The zero-order valence-corrected chi connectivity index (χ0v) is 8.84. The Morgan fingerprint density at radius 2 is 2.38 bits per heavy atom. The van der Waals surface area contributed by atoms with Gasteiger partial charge in [-0.1, -0.05) is 0 Å². The number of carboxylic acid groups (broad SMARTS) is 1. The lowest BCUT2D eigenvalue weighted by atomic mass is 10.0. The lowest BCUT2D eigenvalue weighted by Gasteiger charge is -2.17. The van der Waals surface area contributed by atoms with Crippen molar-refractivity contribution in [1.29, 1.82) is 0 Å². The molecule has 16 heavy (non-hydrogen) atoms. The monoisotopic (exact) mass is 224 g/mol. The highest BCUT2D eigenvalue weighted by atomic mass is 16.5.